The summed E-state index contributed by atoms with van der Waals surface area (Å²) in [5.74, 6) is -0.116. The molecule has 0 spiro atoms. The zero-order valence-electron chi connectivity index (χ0n) is 7.89. The van der Waals surface area contributed by atoms with Gasteiger partial charge >= 0.3 is 0 Å². The SMILES string of the molecule is NC1(C(=O)Nc2c(Br)cccc2Br)CC1. The van der Waals surface area contributed by atoms with Gasteiger partial charge in [0.1, 0.15) is 0 Å². The van der Waals surface area contributed by atoms with E-state index < -0.39 is 5.54 Å². The first-order chi connectivity index (χ1) is 7.03. The highest BCUT2D eigenvalue weighted by atomic mass is 79.9. The number of amides is 1. The van der Waals surface area contributed by atoms with Crippen molar-refractivity contribution in [3.8, 4) is 0 Å². The maximum atomic E-state index is 11.7. The fourth-order valence-corrected chi connectivity index (χ4v) is 2.41. The maximum Gasteiger partial charge on any atom is 0.244 e. The Balaban J connectivity index is 2.20. The van der Waals surface area contributed by atoms with E-state index in [2.05, 4.69) is 37.2 Å². The van der Waals surface area contributed by atoms with Gasteiger partial charge in [-0.25, -0.2) is 0 Å². The van der Waals surface area contributed by atoms with Gasteiger partial charge in [-0.15, -0.1) is 0 Å². The van der Waals surface area contributed by atoms with Gasteiger partial charge < -0.3 is 11.1 Å². The van der Waals surface area contributed by atoms with Crippen molar-refractivity contribution < 1.29 is 4.79 Å². The number of nitrogens with one attached hydrogen (secondary N) is 1. The van der Waals surface area contributed by atoms with Gasteiger partial charge in [0, 0.05) is 8.95 Å². The fourth-order valence-electron chi connectivity index (χ4n) is 1.22. The van der Waals surface area contributed by atoms with Crippen LogP contribution in [0.2, 0.25) is 0 Å². The molecule has 5 heteroatoms. The number of para-hydroxylation sites is 1. The summed E-state index contributed by atoms with van der Waals surface area (Å²) in [4.78, 5) is 11.7. The van der Waals surface area contributed by atoms with Gasteiger partial charge in [-0.05, 0) is 56.8 Å². The van der Waals surface area contributed by atoms with E-state index in [0.717, 1.165) is 27.5 Å². The van der Waals surface area contributed by atoms with E-state index >= 15 is 0 Å². The normalized spacial score (nSPS) is 17.3. The minimum absolute atomic E-state index is 0.116. The van der Waals surface area contributed by atoms with Gasteiger partial charge in [0.25, 0.3) is 0 Å². The Bertz CT molecular complexity index is 396. The number of hydrogen-bond acceptors (Lipinski definition) is 2. The second kappa shape index (κ2) is 3.88. The molecule has 0 aliphatic heterocycles. The molecular weight excluding hydrogens is 324 g/mol. The second-order valence-electron chi connectivity index (χ2n) is 3.71. The maximum absolute atomic E-state index is 11.7. The topological polar surface area (TPSA) is 55.1 Å². The van der Waals surface area contributed by atoms with Crippen molar-refractivity contribution in [1.82, 2.24) is 0 Å². The third-order valence-electron chi connectivity index (χ3n) is 2.44. The van der Waals surface area contributed by atoms with Gasteiger partial charge in [0.2, 0.25) is 5.91 Å². The first-order valence-electron chi connectivity index (χ1n) is 4.57. The second-order valence-corrected chi connectivity index (χ2v) is 5.42. The molecule has 1 aliphatic carbocycles. The van der Waals surface area contributed by atoms with Gasteiger partial charge in [-0.1, -0.05) is 6.07 Å². The Hall–Kier alpha value is -0.390. The van der Waals surface area contributed by atoms with Gasteiger partial charge in [-0.2, -0.15) is 0 Å². The quantitative estimate of drug-likeness (QED) is 0.874. The molecule has 0 aromatic heterocycles. The first kappa shape index (κ1) is 11.1. The molecule has 0 atom stereocenters. The predicted octanol–water partition coefficient (Wildman–Crippen LogP) is 2.64. The van der Waals surface area contributed by atoms with E-state index in [4.69, 9.17) is 5.73 Å². The number of carbonyl (C=O) groups is 1. The smallest absolute Gasteiger partial charge is 0.244 e. The van der Waals surface area contributed by atoms with E-state index in [-0.39, 0.29) is 5.91 Å². The Morgan fingerprint density at radius 2 is 1.87 bits per heavy atom. The zero-order valence-corrected chi connectivity index (χ0v) is 11.1. The van der Waals surface area contributed by atoms with Crippen LogP contribution in [0.3, 0.4) is 0 Å². The number of carbonyl (C=O) groups excluding carboxylic acids is 1. The van der Waals surface area contributed by atoms with E-state index in [1.54, 1.807) is 0 Å². The molecule has 1 aromatic rings. The van der Waals surface area contributed by atoms with Crippen LogP contribution in [0.4, 0.5) is 5.69 Å². The molecule has 2 rings (SSSR count). The molecule has 15 heavy (non-hydrogen) atoms. The van der Waals surface area contributed by atoms with Gasteiger partial charge in [0.05, 0.1) is 11.2 Å². The largest absolute Gasteiger partial charge is 0.323 e. The molecule has 0 saturated heterocycles. The number of nitrogens with two attached hydrogens (primary N) is 1. The average molecular weight is 334 g/mol. The molecule has 3 nitrogen and oxygen atoms in total. The fraction of sp³-hybridized carbons (Fsp3) is 0.300. The van der Waals surface area contributed by atoms with Crippen LogP contribution in [0.15, 0.2) is 27.1 Å². The van der Waals surface area contributed by atoms with E-state index in [9.17, 15) is 4.79 Å². The van der Waals surface area contributed by atoms with Gasteiger partial charge in [-0.3, -0.25) is 4.79 Å². The summed E-state index contributed by atoms with van der Waals surface area (Å²) < 4.78 is 1.68. The molecular formula is C10H10Br2N2O. The first-order valence-corrected chi connectivity index (χ1v) is 6.16. The third-order valence-corrected chi connectivity index (χ3v) is 3.76. The lowest BCUT2D eigenvalue weighted by molar-refractivity contribution is -0.118. The Kier molecular flexibility index (Phi) is 2.87. The molecule has 1 fully saturated rings. The predicted molar refractivity (Wildman–Crippen MR) is 66.6 cm³/mol. The zero-order chi connectivity index (χ0) is 11.1. The van der Waals surface area contributed by atoms with Crippen LogP contribution in [0, 0.1) is 0 Å². The number of halogens is 2. The number of benzene rings is 1. The van der Waals surface area contributed by atoms with Crippen LogP contribution in [-0.4, -0.2) is 11.4 Å². The molecule has 1 aliphatic rings. The Morgan fingerprint density at radius 1 is 1.33 bits per heavy atom. The van der Waals surface area contributed by atoms with Gasteiger partial charge in [0.15, 0.2) is 0 Å². The third kappa shape index (κ3) is 2.24. The van der Waals surface area contributed by atoms with E-state index in [1.165, 1.54) is 0 Å². The molecule has 0 radical (unpaired) electrons. The summed E-state index contributed by atoms with van der Waals surface area (Å²) in [7, 11) is 0. The summed E-state index contributed by atoms with van der Waals surface area (Å²) in [6, 6.07) is 5.63. The molecule has 0 bridgehead atoms. The molecule has 80 valence electrons. The lowest BCUT2D eigenvalue weighted by Gasteiger charge is -2.12. The van der Waals surface area contributed by atoms with Crippen LogP contribution in [0.1, 0.15) is 12.8 Å². The lowest BCUT2D eigenvalue weighted by atomic mass is 10.2. The highest BCUT2D eigenvalue weighted by molar-refractivity contribution is 9.11. The van der Waals surface area contributed by atoms with Crippen LogP contribution >= 0.6 is 31.9 Å². The van der Waals surface area contributed by atoms with Crippen molar-refractivity contribution in [3.63, 3.8) is 0 Å². The monoisotopic (exact) mass is 332 g/mol. The van der Waals surface area contributed by atoms with Crippen molar-refractivity contribution in [3.05, 3.63) is 27.1 Å². The van der Waals surface area contributed by atoms with Crippen molar-refractivity contribution in [1.29, 1.82) is 0 Å². The minimum atomic E-state index is -0.644. The van der Waals surface area contributed by atoms with Crippen LogP contribution in [0.5, 0.6) is 0 Å². The molecule has 0 unspecified atom stereocenters. The molecule has 1 amide bonds. The highest BCUT2D eigenvalue weighted by Gasteiger charge is 2.46. The van der Waals surface area contributed by atoms with E-state index in [1.807, 2.05) is 18.2 Å². The summed E-state index contributed by atoms with van der Waals surface area (Å²) in [6.07, 6.45) is 1.53. The highest BCUT2D eigenvalue weighted by Crippen LogP contribution is 2.36. The van der Waals surface area contributed by atoms with E-state index in [0.29, 0.717) is 0 Å². The summed E-state index contributed by atoms with van der Waals surface area (Å²) in [5, 5.41) is 2.82. The molecule has 1 saturated carbocycles. The number of rotatable bonds is 2. The van der Waals surface area contributed by atoms with Crippen LogP contribution < -0.4 is 11.1 Å². The summed E-state index contributed by atoms with van der Waals surface area (Å²) in [6.45, 7) is 0. The summed E-state index contributed by atoms with van der Waals surface area (Å²) in [5.41, 5.74) is 5.89. The Labute approximate surface area is 105 Å². The molecule has 1 aromatic carbocycles. The minimum Gasteiger partial charge on any atom is -0.323 e. The van der Waals surface area contributed by atoms with Crippen LogP contribution in [0.25, 0.3) is 0 Å². The van der Waals surface area contributed by atoms with Crippen molar-refractivity contribution in [2.75, 3.05) is 5.32 Å². The van der Waals surface area contributed by atoms with Crippen LogP contribution in [-0.2, 0) is 4.79 Å². The summed E-state index contributed by atoms with van der Waals surface area (Å²) >= 11 is 6.75. The number of anilines is 1. The average Bonchev–Trinajstić information content (AvgIpc) is 2.91. The standard InChI is InChI=1S/C10H10Br2N2O/c11-6-2-1-3-7(12)8(6)14-9(15)10(13)4-5-10/h1-3H,4-5,13H2,(H,14,15). The molecule has 0 heterocycles. The van der Waals surface area contributed by atoms with Crippen molar-refractivity contribution >= 4 is 43.5 Å². The molecule has 3 N–H and O–H groups in total. The Morgan fingerprint density at radius 3 is 2.33 bits per heavy atom. The van der Waals surface area contributed by atoms with Crippen molar-refractivity contribution in [2.45, 2.75) is 18.4 Å². The lowest BCUT2D eigenvalue weighted by Crippen LogP contribution is -2.38. The number of hydrogen-bond donors (Lipinski definition) is 2. The van der Waals surface area contributed by atoms with Crippen molar-refractivity contribution in [2.24, 2.45) is 5.73 Å².